The van der Waals surface area contributed by atoms with Crippen molar-refractivity contribution in [2.45, 2.75) is 17.9 Å². The van der Waals surface area contributed by atoms with Gasteiger partial charge in [0.25, 0.3) is 11.3 Å². The van der Waals surface area contributed by atoms with Crippen molar-refractivity contribution in [3.05, 3.63) is 71.2 Å². The van der Waals surface area contributed by atoms with E-state index in [4.69, 9.17) is 17.3 Å². The maximum atomic E-state index is 12.4. The molecule has 4 rings (SSSR count). The van der Waals surface area contributed by atoms with Crippen LogP contribution in [0.15, 0.2) is 60.7 Å². The van der Waals surface area contributed by atoms with Gasteiger partial charge in [-0.1, -0.05) is 35.9 Å². The Kier molecular flexibility index (Phi) is 5.95. The minimum absolute atomic E-state index is 0.128. The molecular formula is C21H18ClN3O5S2. The highest BCUT2D eigenvalue weighted by atomic mass is 35.5. The van der Waals surface area contributed by atoms with E-state index in [-0.39, 0.29) is 6.42 Å². The average molecular weight is 492 g/mol. The number of nitrogens with two attached hydrogens (primary N) is 1. The molecule has 1 aromatic heterocycles. The van der Waals surface area contributed by atoms with E-state index >= 15 is 0 Å². The Morgan fingerprint density at radius 2 is 1.91 bits per heavy atom. The molecule has 1 saturated carbocycles. The molecule has 3 aromatic rings. The Hall–Kier alpha value is -2.92. The Bertz CT molecular complexity index is 1220. The summed E-state index contributed by atoms with van der Waals surface area (Å²) < 4.78 is 23.5. The van der Waals surface area contributed by atoms with Gasteiger partial charge < -0.3 is 16.2 Å². The van der Waals surface area contributed by atoms with Crippen LogP contribution in [0.25, 0.3) is 10.4 Å². The lowest BCUT2D eigenvalue weighted by molar-refractivity contribution is -0.139. The maximum Gasteiger partial charge on any atom is 0.331 e. The molecular weight excluding hydrogens is 474 g/mol. The van der Waals surface area contributed by atoms with Crippen LogP contribution in [0.3, 0.4) is 0 Å². The molecule has 1 aliphatic rings. The number of urea groups is 1. The lowest BCUT2D eigenvalue weighted by Gasteiger charge is -2.26. The number of hydrogen-bond acceptors (Lipinski definition) is 4. The summed E-state index contributed by atoms with van der Waals surface area (Å²) in [5, 5.41) is 13.5. The number of halogens is 1. The number of primary amides is 1. The molecule has 5 N–H and O–H groups in total. The van der Waals surface area contributed by atoms with E-state index in [2.05, 4.69) is 5.32 Å². The fourth-order valence-electron chi connectivity index (χ4n) is 3.79. The molecule has 1 fully saturated rings. The quantitative estimate of drug-likeness (QED) is 0.361. The van der Waals surface area contributed by atoms with Gasteiger partial charge in [0, 0.05) is 21.5 Å². The largest absolute Gasteiger partial charge is 0.479 e. The number of carboxylic acids is 1. The van der Waals surface area contributed by atoms with Gasteiger partial charge in [-0.3, -0.25) is 4.55 Å². The smallest absolute Gasteiger partial charge is 0.331 e. The zero-order chi connectivity index (χ0) is 23.0. The summed E-state index contributed by atoms with van der Waals surface area (Å²) in [7, 11) is 0. The van der Waals surface area contributed by atoms with Gasteiger partial charge in [0.2, 0.25) is 0 Å². The first-order valence-electron chi connectivity index (χ1n) is 9.39. The number of hydrogen-bond donors (Lipinski definition) is 4. The SMILES string of the molecule is NC(=O)Nc1cccc(C2CC2(C(=O)O)N(c2ccc(-c3ccc(Cl)cc3)s2)S(=O)O)c1. The first-order chi connectivity index (χ1) is 15.2. The summed E-state index contributed by atoms with van der Waals surface area (Å²) in [4.78, 5) is 24.3. The Balaban J connectivity index is 1.70. The number of nitrogens with zero attached hydrogens (tertiary/aromatic N) is 1. The highest BCUT2D eigenvalue weighted by molar-refractivity contribution is 7.81. The molecule has 1 aliphatic carbocycles. The molecule has 11 heteroatoms. The monoisotopic (exact) mass is 491 g/mol. The van der Waals surface area contributed by atoms with Crippen molar-refractivity contribution in [2.24, 2.45) is 5.73 Å². The molecule has 8 nitrogen and oxygen atoms in total. The van der Waals surface area contributed by atoms with Gasteiger partial charge in [0.05, 0.1) is 0 Å². The predicted molar refractivity (Wildman–Crippen MR) is 125 cm³/mol. The molecule has 0 radical (unpaired) electrons. The van der Waals surface area contributed by atoms with E-state index in [0.717, 1.165) is 14.7 Å². The van der Waals surface area contributed by atoms with Gasteiger partial charge in [-0.2, -0.15) is 0 Å². The van der Waals surface area contributed by atoms with Crippen LogP contribution >= 0.6 is 22.9 Å². The second-order valence-corrected chi connectivity index (χ2v) is 9.60. The van der Waals surface area contributed by atoms with Crippen LogP contribution < -0.4 is 15.4 Å². The number of aliphatic carboxylic acids is 1. The second kappa shape index (κ2) is 8.55. The van der Waals surface area contributed by atoms with Gasteiger partial charge >= 0.3 is 12.0 Å². The van der Waals surface area contributed by atoms with Gasteiger partial charge in [-0.05, 0) is 53.9 Å². The topological polar surface area (TPSA) is 133 Å². The van der Waals surface area contributed by atoms with Crippen molar-refractivity contribution in [3.63, 3.8) is 0 Å². The summed E-state index contributed by atoms with van der Waals surface area (Å²) in [5.41, 5.74) is 5.44. The Morgan fingerprint density at radius 3 is 2.53 bits per heavy atom. The third-order valence-corrected chi connectivity index (χ3v) is 7.62. The van der Waals surface area contributed by atoms with Crippen LogP contribution in [0, 0.1) is 0 Å². The average Bonchev–Trinajstić information content (AvgIpc) is 3.30. The molecule has 2 aromatic carbocycles. The molecule has 32 heavy (non-hydrogen) atoms. The number of benzene rings is 2. The summed E-state index contributed by atoms with van der Waals surface area (Å²) in [6, 6.07) is 16.4. The second-order valence-electron chi connectivity index (χ2n) is 7.27. The molecule has 0 saturated heterocycles. The minimum atomic E-state index is -2.59. The van der Waals surface area contributed by atoms with Crippen molar-refractivity contribution >= 4 is 56.9 Å². The molecule has 1 heterocycles. The zero-order valence-electron chi connectivity index (χ0n) is 16.4. The third-order valence-electron chi connectivity index (χ3n) is 5.30. The van der Waals surface area contributed by atoms with E-state index in [1.54, 1.807) is 48.5 Å². The number of carbonyl (C=O) groups is 2. The van der Waals surface area contributed by atoms with Crippen molar-refractivity contribution < 1.29 is 23.5 Å². The lowest BCUT2D eigenvalue weighted by Crippen LogP contribution is -2.45. The first-order valence-corrected chi connectivity index (χ1v) is 11.6. The van der Waals surface area contributed by atoms with Gasteiger partial charge in [0.1, 0.15) is 5.00 Å². The van der Waals surface area contributed by atoms with Crippen LogP contribution in [0.2, 0.25) is 5.02 Å². The molecule has 3 atom stereocenters. The zero-order valence-corrected chi connectivity index (χ0v) is 18.8. The molecule has 2 amide bonds. The van der Waals surface area contributed by atoms with Gasteiger partial charge in [-0.25, -0.2) is 18.1 Å². The van der Waals surface area contributed by atoms with Crippen molar-refractivity contribution in [1.82, 2.24) is 0 Å². The summed E-state index contributed by atoms with van der Waals surface area (Å²) in [6.45, 7) is 0. The van der Waals surface area contributed by atoms with E-state index < -0.39 is 34.7 Å². The highest BCUT2D eigenvalue weighted by Gasteiger charge is 2.67. The van der Waals surface area contributed by atoms with Crippen molar-refractivity contribution in [3.8, 4) is 10.4 Å². The molecule has 0 spiro atoms. The number of carbonyl (C=O) groups excluding carboxylic acids is 1. The van der Waals surface area contributed by atoms with Crippen LogP contribution in [-0.2, 0) is 16.1 Å². The van der Waals surface area contributed by atoms with E-state index in [0.29, 0.717) is 21.3 Å². The Labute approximate surface area is 195 Å². The third kappa shape index (κ3) is 4.09. The number of anilines is 2. The van der Waals surface area contributed by atoms with E-state index in [1.165, 1.54) is 11.3 Å². The number of rotatable bonds is 7. The number of amides is 2. The van der Waals surface area contributed by atoms with Crippen molar-refractivity contribution in [1.29, 1.82) is 0 Å². The molecule has 0 bridgehead atoms. The van der Waals surface area contributed by atoms with E-state index in [1.807, 2.05) is 12.1 Å². The molecule has 0 aliphatic heterocycles. The van der Waals surface area contributed by atoms with Crippen molar-refractivity contribution in [2.75, 3.05) is 9.62 Å². The Morgan fingerprint density at radius 1 is 1.19 bits per heavy atom. The normalized spacial score (nSPS) is 20.4. The molecule has 3 unspecified atom stereocenters. The predicted octanol–water partition coefficient (Wildman–Crippen LogP) is 4.51. The lowest BCUT2D eigenvalue weighted by atomic mass is 10.1. The number of carboxylic acid groups (broad SMARTS) is 1. The fraction of sp³-hybridized carbons (Fsp3) is 0.143. The maximum absolute atomic E-state index is 12.4. The van der Waals surface area contributed by atoms with E-state index in [9.17, 15) is 23.5 Å². The standard InChI is InChI=1S/C21H18ClN3O5S2/c22-14-6-4-12(5-7-14)17-8-9-18(31-17)25(32(29)30)21(19(26)27)11-16(21)13-2-1-3-15(10-13)24-20(23)28/h1-10,16H,11H2,(H,26,27)(H,29,30)(H3,23,24,28). The fourth-order valence-corrected chi connectivity index (χ4v) is 5.99. The van der Waals surface area contributed by atoms with Crippen LogP contribution in [0.5, 0.6) is 0 Å². The van der Waals surface area contributed by atoms with Gasteiger partial charge in [0.15, 0.2) is 5.54 Å². The summed E-state index contributed by atoms with van der Waals surface area (Å²) in [5.74, 6) is -1.77. The summed E-state index contributed by atoms with van der Waals surface area (Å²) >= 11 is 4.57. The minimum Gasteiger partial charge on any atom is -0.479 e. The van der Waals surface area contributed by atoms with Gasteiger partial charge in [-0.15, -0.1) is 11.3 Å². The summed E-state index contributed by atoms with van der Waals surface area (Å²) in [6.07, 6.45) is 0.128. The number of thiophene rings is 1. The highest BCUT2D eigenvalue weighted by Crippen LogP contribution is 2.58. The van der Waals surface area contributed by atoms with Crippen LogP contribution in [-0.4, -0.2) is 31.4 Å². The number of nitrogens with one attached hydrogen (secondary N) is 1. The van der Waals surface area contributed by atoms with Crippen LogP contribution in [0.1, 0.15) is 17.9 Å². The molecule has 166 valence electrons. The first kappa shape index (κ1) is 22.3. The van der Waals surface area contributed by atoms with Crippen LogP contribution in [0.4, 0.5) is 15.5 Å².